The zero-order chi connectivity index (χ0) is 21.9. The number of hydrogen-bond donors (Lipinski definition) is 2. The summed E-state index contributed by atoms with van der Waals surface area (Å²) in [4.78, 5) is 13.6. The number of fused-ring (bicyclic) bond motifs is 1. The zero-order valence-electron chi connectivity index (χ0n) is 18.2. The van der Waals surface area contributed by atoms with Crippen LogP contribution in [-0.2, 0) is 6.54 Å². The van der Waals surface area contributed by atoms with Gasteiger partial charge in [-0.25, -0.2) is 4.98 Å². The normalized spacial score (nSPS) is 15.3. The molecule has 1 aliphatic heterocycles. The van der Waals surface area contributed by atoms with Crippen LogP contribution in [0.5, 0.6) is 0 Å². The Morgan fingerprint density at radius 1 is 0.938 bits per heavy atom. The molecule has 158 valence electrons. The summed E-state index contributed by atoms with van der Waals surface area (Å²) in [5.74, 6) is 0.838. The van der Waals surface area contributed by atoms with Crippen LogP contribution in [-0.4, -0.2) is 21.0 Å². The van der Waals surface area contributed by atoms with Gasteiger partial charge < -0.3 is 10.6 Å². The molecule has 32 heavy (non-hydrogen) atoms. The molecule has 1 unspecified atom stereocenters. The Labute approximate surface area is 188 Å². The summed E-state index contributed by atoms with van der Waals surface area (Å²) < 4.78 is 0. The van der Waals surface area contributed by atoms with Crippen molar-refractivity contribution in [1.29, 1.82) is 0 Å². The molecule has 0 aliphatic carbocycles. The van der Waals surface area contributed by atoms with Crippen LogP contribution < -0.4 is 10.6 Å². The van der Waals surface area contributed by atoms with Crippen molar-refractivity contribution in [3.63, 3.8) is 0 Å². The molecule has 3 aromatic heterocycles. The molecule has 0 radical (unpaired) electrons. The molecule has 0 amide bonds. The SMILES string of the molecule is Cc1ccc(-c2cc3ccnc(NCc4ccc(C5=CC(C)NC=C5)cc4)c3cn2)cn1. The molecular formula is C27H25N5. The van der Waals surface area contributed by atoms with E-state index >= 15 is 0 Å². The van der Waals surface area contributed by atoms with Gasteiger partial charge in [0.05, 0.1) is 5.69 Å². The fourth-order valence-electron chi connectivity index (χ4n) is 3.84. The number of hydrogen-bond acceptors (Lipinski definition) is 5. The molecule has 0 fully saturated rings. The quantitative estimate of drug-likeness (QED) is 0.447. The summed E-state index contributed by atoms with van der Waals surface area (Å²) >= 11 is 0. The first kappa shape index (κ1) is 19.9. The second-order valence-electron chi connectivity index (χ2n) is 8.10. The van der Waals surface area contributed by atoms with Crippen molar-refractivity contribution >= 4 is 22.2 Å². The lowest BCUT2D eigenvalue weighted by atomic mass is 10.0. The van der Waals surface area contributed by atoms with Crippen molar-refractivity contribution in [3.8, 4) is 11.3 Å². The number of aromatic nitrogens is 3. The van der Waals surface area contributed by atoms with Crippen LogP contribution in [0.15, 0.2) is 85.5 Å². The fraction of sp³-hybridized carbons (Fsp3) is 0.148. The predicted molar refractivity (Wildman–Crippen MR) is 131 cm³/mol. The van der Waals surface area contributed by atoms with Gasteiger partial charge in [0.15, 0.2) is 0 Å². The van der Waals surface area contributed by atoms with Gasteiger partial charge in [-0.2, -0.15) is 0 Å². The van der Waals surface area contributed by atoms with Gasteiger partial charge in [0.1, 0.15) is 5.82 Å². The summed E-state index contributed by atoms with van der Waals surface area (Å²) in [6, 6.07) is 17.2. The smallest absolute Gasteiger partial charge is 0.135 e. The van der Waals surface area contributed by atoms with E-state index in [-0.39, 0.29) is 0 Å². The molecule has 5 rings (SSSR count). The fourth-order valence-corrected chi connectivity index (χ4v) is 3.84. The highest BCUT2D eigenvalue weighted by Crippen LogP contribution is 2.26. The molecule has 0 saturated heterocycles. The highest BCUT2D eigenvalue weighted by Gasteiger charge is 2.08. The van der Waals surface area contributed by atoms with Crippen LogP contribution in [0.1, 0.15) is 23.7 Å². The first-order valence-corrected chi connectivity index (χ1v) is 10.8. The Morgan fingerprint density at radius 2 is 1.78 bits per heavy atom. The predicted octanol–water partition coefficient (Wildman–Crippen LogP) is 5.50. The van der Waals surface area contributed by atoms with E-state index in [9.17, 15) is 0 Å². The largest absolute Gasteiger partial charge is 0.385 e. The molecule has 4 aromatic rings. The third kappa shape index (κ3) is 4.23. The third-order valence-corrected chi connectivity index (χ3v) is 5.65. The van der Waals surface area contributed by atoms with Gasteiger partial charge in [-0.05, 0) is 72.5 Å². The molecule has 4 heterocycles. The number of rotatable bonds is 5. The third-order valence-electron chi connectivity index (χ3n) is 5.65. The first-order valence-electron chi connectivity index (χ1n) is 10.8. The maximum atomic E-state index is 4.65. The van der Waals surface area contributed by atoms with E-state index in [1.54, 1.807) is 0 Å². The van der Waals surface area contributed by atoms with E-state index in [0.29, 0.717) is 12.6 Å². The molecule has 5 heteroatoms. The monoisotopic (exact) mass is 419 g/mol. The van der Waals surface area contributed by atoms with Crippen LogP contribution in [0, 0.1) is 6.92 Å². The van der Waals surface area contributed by atoms with Gasteiger partial charge in [-0.1, -0.05) is 30.3 Å². The van der Waals surface area contributed by atoms with Crippen LogP contribution in [0.3, 0.4) is 0 Å². The Morgan fingerprint density at radius 3 is 2.56 bits per heavy atom. The molecule has 5 nitrogen and oxygen atoms in total. The highest BCUT2D eigenvalue weighted by molar-refractivity contribution is 5.93. The minimum Gasteiger partial charge on any atom is -0.385 e. The number of nitrogens with zero attached hydrogens (tertiary/aromatic N) is 3. The topological polar surface area (TPSA) is 62.7 Å². The first-order chi connectivity index (χ1) is 15.7. The zero-order valence-corrected chi connectivity index (χ0v) is 18.2. The maximum Gasteiger partial charge on any atom is 0.135 e. The molecule has 0 saturated carbocycles. The van der Waals surface area contributed by atoms with E-state index in [1.165, 1.54) is 16.7 Å². The summed E-state index contributed by atoms with van der Waals surface area (Å²) in [5, 5.41) is 8.86. The van der Waals surface area contributed by atoms with Crippen molar-refractivity contribution in [1.82, 2.24) is 20.3 Å². The molecular weight excluding hydrogens is 394 g/mol. The Hall–Kier alpha value is -3.99. The second-order valence-corrected chi connectivity index (χ2v) is 8.10. The molecule has 1 atom stereocenters. The summed E-state index contributed by atoms with van der Waals surface area (Å²) in [6.45, 7) is 4.83. The Balaban J connectivity index is 1.33. The van der Waals surface area contributed by atoms with Gasteiger partial charge in [-0.3, -0.25) is 9.97 Å². The van der Waals surface area contributed by atoms with Crippen molar-refractivity contribution in [2.45, 2.75) is 26.4 Å². The van der Waals surface area contributed by atoms with Crippen molar-refractivity contribution in [2.24, 2.45) is 0 Å². The summed E-state index contributed by atoms with van der Waals surface area (Å²) in [5.41, 5.74) is 6.60. The van der Waals surface area contributed by atoms with Crippen LogP contribution in [0.2, 0.25) is 0 Å². The van der Waals surface area contributed by atoms with E-state index < -0.39 is 0 Å². The van der Waals surface area contributed by atoms with Crippen LogP contribution in [0.25, 0.3) is 27.6 Å². The number of dihydropyridines is 1. The lowest BCUT2D eigenvalue weighted by Crippen LogP contribution is -2.20. The maximum absolute atomic E-state index is 4.65. The lowest BCUT2D eigenvalue weighted by Gasteiger charge is -2.15. The van der Waals surface area contributed by atoms with Crippen LogP contribution in [0.4, 0.5) is 5.82 Å². The number of nitrogens with one attached hydrogen (secondary N) is 2. The number of anilines is 1. The van der Waals surface area contributed by atoms with Crippen molar-refractivity contribution in [3.05, 3.63) is 102 Å². The average Bonchev–Trinajstić information content (AvgIpc) is 2.83. The van der Waals surface area contributed by atoms with Gasteiger partial charge in [0, 0.05) is 47.8 Å². The van der Waals surface area contributed by atoms with E-state index in [2.05, 4.69) is 81.1 Å². The standard InChI is InChI=1S/C27H25N5/c1-18-3-6-24(16-30-18)26-14-23-10-12-29-27(25(23)17-31-26)32-15-20-4-7-21(8-5-20)22-9-11-28-19(2)13-22/h3-14,16-17,19,28H,15H2,1-2H3,(H,29,32). The van der Waals surface area contributed by atoms with E-state index in [4.69, 9.17) is 0 Å². The average molecular weight is 420 g/mol. The second kappa shape index (κ2) is 8.63. The minimum absolute atomic E-state index is 0.352. The van der Waals surface area contributed by atoms with E-state index in [1.807, 2.05) is 43.8 Å². The molecule has 0 spiro atoms. The highest BCUT2D eigenvalue weighted by atomic mass is 15.0. The molecule has 1 aliphatic rings. The van der Waals surface area contributed by atoms with Gasteiger partial charge in [0.25, 0.3) is 0 Å². The molecule has 1 aromatic carbocycles. The number of allylic oxidation sites excluding steroid dienone is 2. The van der Waals surface area contributed by atoms with E-state index in [0.717, 1.165) is 33.5 Å². The lowest BCUT2D eigenvalue weighted by molar-refractivity contribution is 0.764. The summed E-state index contributed by atoms with van der Waals surface area (Å²) in [6.07, 6.45) is 11.9. The molecule has 2 N–H and O–H groups in total. The van der Waals surface area contributed by atoms with Gasteiger partial charge in [-0.15, -0.1) is 0 Å². The van der Waals surface area contributed by atoms with Crippen LogP contribution >= 0.6 is 0 Å². The van der Waals surface area contributed by atoms with Crippen molar-refractivity contribution < 1.29 is 0 Å². The Kier molecular flexibility index (Phi) is 5.38. The van der Waals surface area contributed by atoms with Gasteiger partial charge >= 0.3 is 0 Å². The minimum atomic E-state index is 0.352. The van der Waals surface area contributed by atoms with Gasteiger partial charge in [0.2, 0.25) is 0 Å². The number of pyridine rings is 3. The summed E-state index contributed by atoms with van der Waals surface area (Å²) in [7, 11) is 0. The number of aryl methyl sites for hydroxylation is 1. The van der Waals surface area contributed by atoms with Crippen molar-refractivity contribution in [2.75, 3.05) is 5.32 Å². The molecule has 0 bridgehead atoms. The number of benzene rings is 1. The Bertz CT molecular complexity index is 1300.